The number of anilines is 1. The Morgan fingerprint density at radius 3 is 2.36 bits per heavy atom. The van der Waals surface area contributed by atoms with E-state index in [2.05, 4.69) is 4.98 Å². The molecule has 1 amide bonds. The highest BCUT2D eigenvalue weighted by molar-refractivity contribution is 7.18. The molecule has 0 saturated carbocycles. The first-order valence-corrected chi connectivity index (χ1v) is 11.4. The van der Waals surface area contributed by atoms with Gasteiger partial charge in [-0.3, -0.25) is 19.3 Å². The number of rotatable bonds is 4. The zero-order chi connectivity index (χ0) is 24.0. The maximum Gasteiger partial charge on any atom is 0.301 e. The summed E-state index contributed by atoms with van der Waals surface area (Å²) in [7, 11) is 0. The van der Waals surface area contributed by atoms with Gasteiger partial charge >= 0.3 is 5.91 Å². The molecule has 2 aromatic carbocycles. The van der Waals surface area contributed by atoms with Gasteiger partial charge in [-0.15, -0.1) is 0 Å². The molecule has 3 aromatic rings. The number of benzene rings is 2. The first kappa shape index (κ1) is 22.9. The number of amides is 1. The Kier molecular flexibility index (Phi) is 5.95. The van der Waals surface area contributed by atoms with E-state index >= 15 is 0 Å². The van der Waals surface area contributed by atoms with E-state index in [9.17, 15) is 19.5 Å². The topological polar surface area (TPSA) is 87.6 Å². The summed E-state index contributed by atoms with van der Waals surface area (Å²) < 4.78 is 0. The highest BCUT2D eigenvalue weighted by Crippen LogP contribution is 2.44. The molecule has 1 fully saturated rings. The van der Waals surface area contributed by atoms with Gasteiger partial charge in [-0.05, 0) is 50.1 Å². The molecule has 1 saturated heterocycles. The third-order valence-electron chi connectivity index (χ3n) is 5.59. The average Bonchev–Trinajstić information content (AvgIpc) is 3.27. The molecule has 1 aliphatic rings. The highest BCUT2D eigenvalue weighted by atomic mass is 35.5. The summed E-state index contributed by atoms with van der Waals surface area (Å²) in [6.07, 6.45) is 0. The van der Waals surface area contributed by atoms with Crippen LogP contribution in [0.15, 0.2) is 48.0 Å². The SMILES string of the molecule is CC(=O)c1sc(N2C(=O)C(=O)/C(=C(/O)c3cc(C)ccc3C)C2c2ccc(Cl)cc2)nc1C. The summed E-state index contributed by atoms with van der Waals surface area (Å²) in [6.45, 7) is 6.81. The lowest BCUT2D eigenvalue weighted by molar-refractivity contribution is -0.132. The van der Waals surface area contributed by atoms with Crippen LogP contribution in [-0.4, -0.2) is 27.6 Å². The van der Waals surface area contributed by atoms with Crippen molar-refractivity contribution in [3.05, 3.63) is 85.9 Å². The van der Waals surface area contributed by atoms with Gasteiger partial charge in [0.05, 0.1) is 22.2 Å². The Bertz CT molecular complexity index is 1340. The predicted octanol–water partition coefficient (Wildman–Crippen LogP) is 5.55. The average molecular weight is 481 g/mol. The Hall–Kier alpha value is -3.29. The zero-order valence-electron chi connectivity index (χ0n) is 18.5. The fraction of sp³-hybridized carbons (Fsp3) is 0.200. The number of aryl methyl sites for hydroxylation is 3. The van der Waals surface area contributed by atoms with Crippen LogP contribution in [0.4, 0.5) is 5.13 Å². The fourth-order valence-corrected chi connectivity index (χ4v) is 5.05. The van der Waals surface area contributed by atoms with Crippen molar-refractivity contribution in [2.24, 2.45) is 0 Å². The molecule has 1 aromatic heterocycles. The van der Waals surface area contributed by atoms with Crippen molar-refractivity contribution in [3.63, 3.8) is 0 Å². The van der Waals surface area contributed by atoms with Crippen molar-refractivity contribution in [1.29, 1.82) is 0 Å². The molecule has 0 radical (unpaired) electrons. The summed E-state index contributed by atoms with van der Waals surface area (Å²) >= 11 is 7.11. The number of aliphatic hydroxyl groups excluding tert-OH is 1. The Morgan fingerprint density at radius 1 is 1.09 bits per heavy atom. The minimum atomic E-state index is -0.924. The van der Waals surface area contributed by atoms with Crippen LogP contribution in [-0.2, 0) is 9.59 Å². The van der Waals surface area contributed by atoms with Crippen LogP contribution in [0.1, 0.15) is 50.6 Å². The molecule has 33 heavy (non-hydrogen) atoms. The van der Waals surface area contributed by atoms with Gasteiger partial charge in [-0.25, -0.2) is 4.98 Å². The summed E-state index contributed by atoms with van der Waals surface area (Å²) in [5, 5.41) is 12.0. The maximum absolute atomic E-state index is 13.3. The molecule has 6 nitrogen and oxygen atoms in total. The molecule has 8 heteroatoms. The number of hydrogen-bond acceptors (Lipinski definition) is 6. The Morgan fingerprint density at radius 2 is 1.76 bits per heavy atom. The predicted molar refractivity (Wildman–Crippen MR) is 129 cm³/mol. The number of carbonyl (C=O) groups is 3. The molecule has 0 aliphatic carbocycles. The fourth-order valence-electron chi connectivity index (χ4n) is 3.94. The van der Waals surface area contributed by atoms with Crippen LogP contribution in [0.5, 0.6) is 0 Å². The summed E-state index contributed by atoms with van der Waals surface area (Å²) in [6, 6.07) is 11.3. The number of Topliss-reactive ketones (excluding diaryl/α,β-unsaturated/α-hetero) is 2. The van der Waals surface area contributed by atoms with Crippen LogP contribution >= 0.6 is 22.9 Å². The van der Waals surface area contributed by atoms with Crippen LogP contribution < -0.4 is 4.90 Å². The Balaban J connectivity index is 1.98. The van der Waals surface area contributed by atoms with Crippen LogP contribution in [0.3, 0.4) is 0 Å². The first-order valence-electron chi connectivity index (χ1n) is 10.2. The molecular formula is C25H21ClN2O4S. The largest absolute Gasteiger partial charge is 0.507 e. The minimum absolute atomic E-state index is 0.0340. The van der Waals surface area contributed by atoms with E-state index in [-0.39, 0.29) is 22.2 Å². The third-order valence-corrected chi connectivity index (χ3v) is 7.10. The number of ketones is 2. The highest BCUT2D eigenvalue weighted by Gasteiger charge is 2.48. The molecular weight excluding hydrogens is 460 g/mol. The molecule has 0 spiro atoms. The summed E-state index contributed by atoms with van der Waals surface area (Å²) in [5.74, 6) is -2.06. The standard InChI is InChI=1S/C25H21ClN2O4S/c1-12-5-6-13(2)18(11-12)21(30)19-20(16-7-9-17(26)10-8-16)28(24(32)22(19)31)25-27-14(3)23(33-25)15(4)29/h5-11,20,30H,1-4H3/b21-19+. The molecule has 2 heterocycles. The van der Waals surface area contributed by atoms with Crippen molar-refractivity contribution in [3.8, 4) is 0 Å². The Labute approximate surface area is 200 Å². The molecule has 0 bridgehead atoms. The number of thiazole rings is 1. The van der Waals surface area contributed by atoms with E-state index in [1.165, 1.54) is 11.8 Å². The second kappa shape index (κ2) is 8.57. The number of aromatic nitrogens is 1. The van der Waals surface area contributed by atoms with Gasteiger partial charge in [0.1, 0.15) is 5.76 Å². The van der Waals surface area contributed by atoms with Crippen molar-refractivity contribution in [2.75, 3.05) is 4.90 Å². The lowest BCUT2D eigenvalue weighted by Crippen LogP contribution is -2.29. The lowest BCUT2D eigenvalue weighted by Gasteiger charge is -2.23. The molecule has 1 N–H and O–H groups in total. The second-order valence-electron chi connectivity index (χ2n) is 8.01. The van der Waals surface area contributed by atoms with Crippen molar-refractivity contribution in [1.82, 2.24) is 4.98 Å². The molecule has 1 unspecified atom stereocenters. The van der Waals surface area contributed by atoms with Gasteiger partial charge in [0.25, 0.3) is 5.78 Å². The van der Waals surface area contributed by atoms with E-state index in [1.807, 2.05) is 26.0 Å². The quantitative estimate of drug-likeness (QED) is 0.229. The number of carbonyl (C=O) groups excluding carboxylic acids is 3. The first-order chi connectivity index (χ1) is 15.6. The lowest BCUT2D eigenvalue weighted by atomic mass is 9.93. The minimum Gasteiger partial charge on any atom is -0.507 e. The van der Waals surface area contributed by atoms with Gasteiger partial charge in [-0.1, -0.05) is 52.8 Å². The summed E-state index contributed by atoms with van der Waals surface area (Å²) in [5.41, 5.74) is 3.18. The van der Waals surface area contributed by atoms with Gasteiger partial charge in [-0.2, -0.15) is 0 Å². The smallest absolute Gasteiger partial charge is 0.301 e. The number of aliphatic hydroxyl groups is 1. The van der Waals surface area contributed by atoms with Gasteiger partial charge in [0, 0.05) is 17.5 Å². The van der Waals surface area contributed by atoms with Gasteiger partial charge in [0.15, 0.2) is 10.9 Å². The molecule has 1 aliphatic heterocycles. The number of hydrogen-bond donors (Lipinski definition) is 1. The second-order valence-corrected chi connectivity index (χ2v) is 9.42. The maximum atomic E-state index is 13.3. The van der Waals surface area contributed by atoms with Gasteiger partial charge in [0.2, 0.25) is 0 Å². The monoisotopic (exact) mass is 480 g/mol. The van der Waals surface area contributed by atoms with E-state index in [4.69, 9.17) is 11.6 Å². The van der Waals surface area contributed by atoms with Crippen molar-refractivity contribution < 1.29 is 19.5 Å². The van der Waals surface area contributed by atoms with Crippen molar-refractivity contribution in [2.45, 2.75) is 33.7 Å². The summed E-state index contributed by atoms with van der Waals surface area (Å²) in [4.78, 5) is 44.6. The van der Waals surface area contributed by atoms with E-state index in [0.29, 0.717) is 26.7 Å². The molecule has 168 valence electrons. The normalized spacial score (nSPS) is 17.6. The zero-order valence-corrected chi connectivity index (χ0v) is 20.0. The number of halogens is 1. The van der Waals surface area contributed by atoms with Crippen LogP contribution in [0, 0.1) is 20.8 Å². The molecule has 4 rings (SSSR count). The third kappa shape index (κ3) is 3.98. The molecule has 1 atom stereocenters. The van der Waals surface area contributed by atoms with Crippen molar-refractivity contribution >= 4 is 51.3 Å². The van der Waals surface area contributed by atoms with Crippen LogP contribution in [0.2, 0.25) is 5.02 Å². The van der Waals surface area contributed by atoms with E-state index < -0.39 is 17.7 Å². The van der Waals surface area contributed by atoms with E-state index in [1.54, 1.807) is 37.3 Å². The van der Waals surface area contributed by atoms with Crippen LogP contribution in [0.25, 0.3) is 5.76 Å². The number of nitrogens with zero attached hydrogens (tertiary/aromatic N) is 2. The van der Waals surface area contributed by atoms with E-state index in [0.717, 1.165) is 22.5 Å². The van der Waals surface area contributed by atoms with Gasteiger partial charge < -0.3 is 5.11 Å².